The Balaban J connectivity index is 1.71. The van der Waals surface area contributed by atoms with Crippen molar-refractivity contribution < 1.29 is 0 Å². The fraction of sp³-hybridized carbons (Fsp3) is 0.176. The summed E-state index contributed by atoms with van der Waals surface area (Å²) in [5.41, 5.74) is 4.58. The maximum Gasteiger partial charge on any atom is 0.0931 e. The van der Waals surface area contributed by atoms with Gasteiger partial charge < -0.3 is 9.88 Å². The number of rotatable bonds is 2. The van der Waals surface area contributed by atoms with E-state index in [2.05, 4.69) is 51.0 Å². The highest BCUT2D eigenvalue weighted by Crippen LogP contribution is 2.36. The van der Waals surface area contributed by atoms with Gasteiger partial charge in [0.15, 0.2) is 0 Å². The topological polar surface area (TPSA) is 31.9 Å². The Bertz CT molecular complexity index is 784. The Labute approximate surface area is 138 Å². The second kappa shape index (κ2) is 5.86. The van der Waals surface area contributed by atoms with Crippen LogP contribution in [0.2, 0.25) is 5.02 Å². The normalized spacial score (nSPS) is 18.8. The average molecular weight is 329 g/mol. The van der Waals surface area contributed by atoms with Crippen molar-refractivity contribution in [1.29, 1.82) is 0 Å². The zero-order valence-electron chi connectivity index (χ0n) is 11.9. The van der Waals surface area contributed by atoms with Gasteiger partial charge in [0.1, 0.15) is 0 Å². The number of anilines is 1. The summed E-state index contributed by atoms with van der Waals surface area (Å²) in [6, 6.07) is 14.9. The average Bonchev–Trinajstić information content (AvgIpc) is 3.03. The maximum absolute atomic E-state index is 6.02. The van der Waals surface area contributed by atoms with E-state index >= 15 is 0 Å². The summed E-state index contributed by atoms with van der Waals surface area (Å²) in [4.78, 5) is 9.94. The second-order valence-corrected chi connectivity index (χ2v) is 6.76. The van der Waals surface area contributed by atoms with Gasteiger partial charge >= 0.3 is 0 Å². The van der Waals surface area contributed by atoms with Gasteiger partial charge in [0.25, 0.3) is 0 Å². The molecular formula is C17H15ClN3S. The summed E-state index contributed by atoms with van der Waals surface area (Å²) in [5, 5.41) is 0.781. The Morgan fingerprint density at radius 1 is 1.18 bits per heavy atom. The lowest BCUT2D eigenvalue weighted by molar-refractivity contribution is 0.703. The molecule has 0 saturated carbocycles. The highest BCUT2D eigenvalue weighted by Gasteiger charge is 2.25. The Kier molecular flexibility index (Phi) is 3.72. The second-order valence-electron chi connectivity index (χ2n) is 5.32. The number of H-pyrrole nitrogens is 1. The van der Waals surface area contributed by atoms with Gasteiger partial charge in [-0.25, -0.2) is 4.98 Å². The van der Waals surface area contributed by atoms with E-state index in [9.17, 15) is 0 Å². The largest absolute Gasteiger partial charge is 0.362 e. The van der Waals surface area contributed by atoms with Crippen LogP contribution in [-0.2, 0) is 0 Å². The van der Waals surface area contributed by atoms with Crippen molar-refractivity contribution in [3.63, 3.8) is 0 Å². The van der Waals surface area contributed by atoms with Gasteiger partial charge in [0.05, 0.1) is 23.4 Å². The van der Waals surface area contributed by atoms with Gasteiger partial charge in [-0.15, -0.1) is 0 Å². The predicted molar refractivity (Wildman–Crippen MR) is 94.4 cm³/mol. The van der Waals surface area contributed by atoms with Crippen LogP contribution < -0.4 is 4.90 Å². The minimum Gasteiger partial charge on any atom is -0.362 e. The summed E-state index contributed by atoms with van der Waals surface area (Å²) in [7, 11) is 0. The Morgan fingerprint density at radius 3 is 2.91 bits per heavy atom. The number of thioether (sulfide) groups is 1. The maximum atomic E-state index is 6.02. The van der Waals surface area contributed by atoms with E-state index in [-0.39, 0.29) is 0 Å². The number of imidazole rings is 1. The lowest BCUT2D eigenvalue weighted by Gasteiger charge is -2.37. The summed E-state index contributed by atoms with van der Waals surface area (Å²) in [6.07, 6.45) is 1.74. The molecule has 1 atom stereocenters. The van der Waals surface area contributed by atoms with Crippen LogP contribution in [0.1, 0.15) is 11.6 Å². The van der Waals surface area contributed by atoms with E-state index in [1.54, 1.807) is 6.33 Å². The first kappa shape index (κ1) is 14.0. The Hall–Kier alpha value is -1.65. The van der Waals surface area contributed by atoms with Crippen molar-refractivity contribution in [3.8, 4) is 0 Å². The summed E-state index contributed by atoms with van der Waals surface area (Å²) in [5.74, 6) is 3.31. The van der Waals surface area contributed by atoms with Gasteiger partial charge in [0.2, 0.25) is 0 Å². The molecule has 1 aromatic heterocycles. The summed E-state index contributed by atoms with van der Waals surface area (Å²) in [6.45, 7) is 0.924. The molecular weight excluding hydrogens is 314 g/mol. The number of aromatic amines is 1. The lowest BCUT2D eigenvalue weighted by Crippen LogP contribution is -2.34. The van der Waals surface area contributed by atoms with Crippen LogP contribution in [0.15, 0.2) is 48.8 Å². The molecule has 1 aliphatic rings. The molecule has 2 aromatic carbocycles. The molecule has 111 valence electrons. The number of hydrogen-bond acceptors (Lipinski definition) is 3. The number of aromatic nitrogens is 2. The fourth-order valence-electron chi connectivity index (χ4n) is 2.85. The van der Waals surface area contributed by atoms with Crippen molar-refractivity contribution >= 4 is 40.1 Å². The van der Waals surface area contributed by atoms with Crippen LogP contribution in [0.3, 0.4) is 0 Å². The molecule has 1 saturated heterocycles. The van der Waals surface area contributed by atoms with Gasteiger partial charge in [-0.1, -0.05) is 23.7 Å². The first-order valence-electron chi connectivity index (χ1n) is 7.20. The van der Waals surface area contributed by atoms with E-state index < -0.39 is 0 Å². The molecule has 3 nitrogen and oxygen atoms in total. The molecule has 0 aliphatic carbocycles. The molecule has 3 aromatic rings. The number of hydrogen-bond donors (Lipinski definition) is 1. The molecule has 4 rings (SSSR count). The highest BCUT2D eigenvalue weighted by molar-refractivity contribution is 8.01. The summed E-state index contributed by atoms with van der Waals surface area (Å²) >= 11 is 7.90. The molecule has 0 spiro atoms. The molecule has 1 aliphatic heterocycles. The zero-order valence-corrected chi connectivity index (χ0v) is 13.4. The van der Waals surface area contributed by atoms with Crippen molar-refractivity contribution in [2.45, 2.75) is 6.04 Å². The molecule has 0 bridgehead atoms. The third-order valence-corrected chi connectivity index (χ3v) is 5.16. The molecule has 1 radical (unpaired) electrons. The highest BCUT2D eigenvalue weighted by atomic mass is 35.5. The molecule has 1 N–H and O–H groups in total. The van der Waals surface area contributed by atoms with Crippen LogP contribution in [0, 0.1) is 5.75 Å². The lowest BCUT2D eigenvalue weighted by atomic mass is 10.1. The van der Waals surface area contributed by atoms with Crippen molar-refractivity contribution in [2.75, 3.05) is 17.2 Å². The van der Waals surface area contributed by atoms with Crippen molar-refractivity contribution in [2.24, 2.45) is 0 Å². The number of halogens is 1. The molecule has 22 heavy (non-hydrogen) atoms. The van der Waals surface area contributed by atoms with Crippen LogP contribution in [-0.4, -0.2) is 22.3 Å². The fourth-order valence-corrected chi connectivity index (χ4v) is 3.94. The van der Waals surface area contributed by atoms with Crippen LogP contribution >= 0.6 is 23.4 Å². The van der Waals surface area contributed by atoms with Crippen LogP contribution in [0.25, 0.3) is 11.0 Å². The van der Waals surface area contributed by atoms with E-state index in [1.807, 2.05) is 23.9 Å². The molecule has 0 amide bonds. The monoisotopic (exact) mass is 328 g/mol. The number of fused-ring (bicyclic) bond motifs is 1. The third-order valence-electron chi connectivity index (χ3n) is 4.01. The van der Waals surface area contributed by atoms with Crippen molar-refractivity contribution in [1.82, 2.24) is 9.97 Å². The molecule has 1 fully saturated rings. The minimum absolute atomic E-state index is 0.351. The van der Waals surface area contributed by atoms with E-state index in [1.165, 1.54) is 11.3 Å². The van der Waals surface area contributed by atoms with Gasteiger partial charge in [-0.2, -0.15) is 11.8 Å². The quantitative estimate of drug-likeness (QED) is 0.741. The van der Waals surface area contributed by atoms with Crippen molar-refractivity contribution in [3.05, 3.63) is 65.1 Å². The molecule has 5 heteroatoms. The summed E-state index contributed by atoms with van der Waals surface area (Å²) < 4.78 is 0. The minimum atomic E-state index is 0.351. The third kappa shape index (κ3) is 2.57. The number of nitrogens with one attached hydrogen (secondary N) is 1. The Morgan fingerprint density at radius 2 is 2.05 bits per heavy atom. The number of benzene rings is 2. The SMILES string of the molecule is Clc1ccc(C2CS[CH]CN2c2ccc3[nH]cnc3c2)cc1. The first-order valence-corrected chi connectivity index (χ1v) is 8.62. The van der Waals surface area contributed by atoms with E-state index in [0.29, 0.717) is 6.04 Å². The standard InChI is InChI=1S/C17H15ClN3S/c18-13-3-1-12(2-4-13)17-10-22-8-7-21(17)14-5-6-15-16(9-14)20-11-19-15/h1-6,8-9,11,17H,7,10H2,(H,19,20). The van der Waals surface area contributed by atoms with Gasteiger partial charge in [-0.3, -0.25) is 0 Å². The van der Waals surface area contributed by atoms with E-state index in [4.69, 9.17) is 11.6 Å². The predicted octanol–water partition coefficient (Wildman–Crippen LogP) is 4.67. The smallest absolute Gasteiger partial charge is 0.0931 e. The first-order chi connectivity index (χ1) is 10.8. The zero-order chi connectivity index (χ0) is 14.9. The number of nitrogens with zero attached hydrogens (tertiary/aromatic N) is 2. The van der Waals surface area contributed by atoms with Crippen LogP contribution in [0.4, 0.5) is 5.69 Å². The molecule has 1 unspecified atom stereocenters. The van der Waals surface area contributed by atoms with Gasteiger partial charge in [0, 0.05) is 28.8 Å². The van der Waals surface area contributed by atoms with E-state index in [0.717, 1.165) is 28.4 Å². The van der Waals surface area contributed by atoms with Crippen LogP contribution in [0.5, 0.6) is 0 Å². The molecule has 2 heterocycles. The van der Waals surface area contributed by atoms with Gasteiger partial charge in [-0.05, 0) is 35.9 Å².